The number of unbranched alkanes of at least 4 members (excludes halogenated alkanes) is 3. The molecule has 3 heteroatoms. The van der Waals surface area contributed by atoms with Gasteiger partial charge in [-0.25, -0.2) is 8.78 Å². The third-order valence-corrected chi connectivity index (χ3v) is 3.64. The van der Waals surface area contributed by atoms with Crippen LogP contribution in [0.25, 0.3) is 0 Å². The maximum Gasteiger partial charge on any atom is 0.128 e. The molecule has 1 atom stereocenters. The normalized spacial score (nSPS) is 12.7. The molecule has 1 nitrogen and oxygen atoms in total. The van der Waals surface area contributed by atoms with Crippen molar-refractivity contribution in [3.05, 3.63) is 34.9 Å². The van der Waals surface area contributed by atoms with Crippen molar-refractivity contribution in [2.75, 3.05) is 6.54 Å². The lowest BCUT2D eigenvalue weighted by Crippen LogP contribution is -2.23. The van der Waals surface area contributed by atoms with Crippen LogP contribution in [0.1, 0.15) is 69.5 Å². The monoisotopic (exact) mass is 283 g/mol. The van der Waals surface area contributed by atoms with Gasteiger partial charge in [-0.2, -0.15) is 0 Å². The molecule has 0 aliphatic heterocycles. The number of hydrogen-bond acceptors (Lipinski definition) is 1. The third kappa shape index (κ3) is 5.20. The van der Waals surface area contributed by atoms with E-state index in [0.29, 0.717) is 11.1 Å². The summed E-state index contributed by atoms with van der Waals surface area (Å²) in [6.45, 7) is 6.67. The Morgan fingerprint density at radius 3 is 2.40 bits per heavy atom. The first-order chi connectivity index (χ1) is 9.60. The molecule has 1 aromatic rings. The Morgan fingerprint density at radius 1 is 1.00 bits per heavy atom. The molecule has 0 radical (unpaired) electrons. The van der Waals surface area contributed by atoms with Gasteiger partial charge < -0.3 is 5.32 Å². The van der Waals surface area contributed by atoms with E-state index < -0.39 is 0 Å². The molecule has 0 fully saturated rings. The van der Waals surface area contributed by atoms with E-state index >= 15 is 0 Å². The van der Waals surface area contributed by atoms with Crippen molar-refractivity contribution in [2.45, 2.75) is 65.3 Å². The van der Waals surface area contributed by atoms with Gasteiger partial charge in [-0.05, 0) is 44.0 Å². The lowest BCUT2D eigenvalue weighted by molar-refractivity contribution is 0.447. The van der Waals surface area contributed by atoms with Crippen molar-refractivity contribution in [3.8, 4) is 0 Å². The molecule has 0 saturated carbocycles. The highest BCUT2D eigenvalue weighted by atomic mass is 19.1. The molecule has 1 aromatic carbocycles. The summed E-state index contributed by atoms with van der Waals surface area (Å²) in [7, 11) is 0. The van der Waals surface area contributed by atoms with Crippen LogP contribution in [0.2, 0.25) is 0 Å². The van der Waals surface area contributed by atoms with Gasteiger partial charge in [0.25, 0.3) is 0 Å². The number of rotatable bonds is 9. The Kier molecular flexibility index (Phi) is 7.75. The minimum atomic E-state index is -0.321. The number of halogens is 2. The van der Waals surface area contributed by atoms with Crippen molar-refractivity contribution < 1.29 is 8.78 Å². The number of aryl methyl sites for hydroxylation is 1. The molecule has 1 rings (SSSR count). The average Bonchev–Trinajstić information content (AvgIpc) is 2.42. The molecule has 0 saturated heterocycles. The molecule has 1 N–H and O–H groups in total. The van der Waals surface area contributed by atoms with Crippen LogP contribution >= 0.6 is 0 Å². The molecule has 0 aliphatic rings. The zero-order valence-electron chi connectivity index (χ0n) is 12.9. The zero-order valence-corrected chi connectivity index (χ0v) is 12.9. The molecule has 20 heavy (non-hydrogen) atoms. The average molecular weight is 283 g/mol. The van der Waals surface area contributed by atoms with E-state index in [9.17, 15) is 8.78 Å². The zero-order chi connectivity index (χ0) is 15.0. The van der Waals surface area contributed by atoms with E-state index in [0.717, 1.165) is 32.2 Å². The summed E-state index contributed by atoms with van der Waals surface area (Å²) in [5.41, 5.74) is 0.838. The second-order valence-corrected chi connectivity index (χ2v) is 5.48. The summed E-state index contributed by atoms with van der Waals surface area (Å²) < 4.78 is 27.8. The molecule has 0 spiro atoms. The summed E-state index contributed by atoms with van der Waals surface area (Å²) in [5.74, 6) is -0.619. The fourth-order valence-electron chi connectivity index (χ4n) is 2.39. The van der Waals surface area contributed by atoms with Crippen LogP contribution in [0.3, 0.4) is 0 Å². The SMILES string of the molecule is CCCCCCC(NCCC)c1cc(F)c(C)cc1F. The minimum Gasteiger partial charge on any atom is -0.310 e. The summed E-state index contributed by atoms with van der Waals surface area (Å²) in [4.78, 5) is 0. The molecule has 1 unspecified atom stereocenters. The van der Waals surface area contributed by atoms with Gasteiger partial charge in [-0.1, -0.05) is 39.5 Å². The predicted molar refractivity (Wildman–Crippen MR) is 80.9 cm³/mol. The summed E-state index contributed by atoms with van der Waals surface area (Å²) in [6, 6.07) is 2.58. The Balaban J connectivity index is 2.78. The maximum atomic E-state index is 14.1. The fourth-order valence-corrected chi connectivity index (χ4v) is 2.39. The number of nitrogens with one attached hydrogen (secondary N) is 1. The van der Waals surface area contributed by atoms with Gasteiger partial charge in [0.2, 0.25) is 0 Å². The van der Waals surface area contributed by atoms with Gasteiger partial charge in [0.1, 0.15) is 11.6 Å². The van der Waals surface area contributed by atoms with Gasteiger partial charge in [0.15, 0.2) is 0 Å². The molecule has 0 aliphatic carbocycles. The molecular weight excluding hydrogens is 256 g/mol. The van der Waals surface area contributed by atoms with Crippen LogP contribution in [0.15, 0.2) is 12.1 Å². The Hall–Kier alpha value is -0.960. The number of hydrogen-bond donors (Lipinski definition) is 1. The molecule has 0 heterocycles. The Morgan fingerprint density at radius 2 is 1.75 bits per heavy atom. The summed E-state index contributed by atoms with van der Waals surface area (Å²) in [6.07, 6.45) is 6.42. The number of benzene rings is 1. The predicted octanol–water partition coefficient (Wildman–Crippen LogP) is 5.28. The summed E-state index contributed by atoms with van der Waals surface area (Å²) >= 11 is 0. The minimum absolute atomic E-state index is 0.0816. The quantitative estimate of drug-likeness (QED) is 0.608. The maximum absolute atomic E-state index is 14.1. The van der Waals surface area contributed by atoms with Crippen LogP contribution < -0.4 is 5.32 Å². The van der Waals surface area contributed by atoms with E-state index in [-0.39, 0.29) is 17.7 Å². The van der Waals surface area contributed by atoms with Crippen molar-refractivity contribution >= 4 is 0 Å². The highest BCUT2D eigenvalue weighted by Crippen LogP contribution is 2.25. The Labute approximate surface area is 121 Å². The van der Waals surface area contributed by atoms with Gasteiger partial charge in [-0.3, -0.25) is 0 Å². The molecule has 0 amide bonds. The van der Waals surface area contributed by atoms with Crippen molar-refractivity contribution in [1.29, 1.82) is 0 Å². The molecule has 0 aromatic heterocycles. The fraction of sp³-hybridized carbons (Fsp3) is 0.647. The van der Waals surface area contributed by atoms with Gasteiger partial charge in [-0.15, -0.1) is 0 Å². The second kappa shape index (κ2) is 9.06. The topological polar surface area (TPSA) is 12.0 Å². The van der Waals surface area contributed by atoms with E-state index in [1.165, 1.54) is 25.0 Å². The first kappa shape index (κ1) is 17.1. The van der Waals surface area contributed by atoms with E-state index in [2.05, 4.69) is 19.2 Å². The van der Waals surface area contributed by atoms with E-state index in [4.69, 9.17) is 0 Å². The molecule has 0 bridgehead atoms. The van der Waals surface area contributed by atoms with Gasteiger partial charge in [0.05, 0.1) is 0 Å². The smallest absolute Gasteiger partial charge is 0.128 e. The van der Waals surface area contributed by atoms with Gasteiger partial charge >= 0.3 is 0 Å². The molecular formula is C17H27F2N. The largest absolute Gasteiger partial charge is 0.310 e. The van der Waals surface area contributed by atoms with Crippen molar-refractivity contribution in [1.82, 2.24) is 5.32 Å². The van der Waals surface area contributed by atoms with Crippen molar-refractivity contribution in [2.24, 2.45) is 0 Å². The lowest BCUT2D eigenvalue weighted by atomic mass is 9.98. The van der Waals surface area contributed by atoms with Crippen LogP contribution in [0, 0.1) is 18.6 Å². The second-order valence-electron chi connectivity index (χ2n) is 5.48. The van der Waals surface area contributed by atoms with Crippen LogP contribution in [0.4, 0.5) is 8.78 Å². The Bertz CT molecular complexity index is 404. The lowest BCUT2D eigenvalue weighted by Gasteiger charge is -2.20. The van der Waals surface area contributed by atoms with Gasteiger partial charge in [0, 0.05) is 11.6 Å². The third-order valence-electron chi connectivity index (χ3n) is 3.64. The first-order valence-corrected chi connectivity index (χ1v) is 7.79. The van der Waals surface area contributed by atoms with Crippen LogP contribution in [-0.4, -0.2) is 6.54 Å². The van der Waals surface area contributed by atoms with E-state index in [1.54, 1.807) is 6.92 Å². The van der Waals surface area contributed by atoms with Crippen LogP contribution in [-0.2, 0) is 0 Å². The first-order valence-electron chi connectivity index (χ1n) is 7.79. The standard InChI is InChI=1S/C17H27F2N/c1-4-6-7-8-9-17(20-10-5-2)14-12-15(18)13(3)11-16(14)19/h11-12,17,20H,4-10H2,1-3H3. The highest BCUT2D eigenvalue weighted by molar-refractivity contribution is 5.27. The summed E-state index contributed by atoms with van der Waals surface area (Å²) in [5, 5.41) is 3.34. The molecule has 114 valence electrons. The van der Waals surface area contributed by atoms with Crippen molar-refractivity contribution in [3.63, 3.8) is 0 Å². The van der Waals surface area contributed by atoms with Crippen LogP contribution in [0.5, 0.6) is 0 Å². The highest BCUT2D eigenvalue weighted by Gasteiger charge is 2.17. The van der Waals surface area contributed by atoms with E-state index in [1.807, 2.05) is 0 Å².